The molecule has 2 aliphatic rings. The Balaban J connectivity index is 1.34. The molecule has 1 aromatic carbocycles. The number of aromatic nitrogens is 2. The van der Waals surface area contributed by atoms with E-state index in [1.165, 1.54) is 12.1 Å². The number of benzene rings is 1. The van der Waals surface area contributed by atoms with Gasteiger partial charge < -0.3 is 14.4 Å². The van der Waals surface area contributed by atoms with Gasteiger partial charge in [-0.25, -0.2) is 13.9 Å². The fraction of sp³-hybridized carbons (Fsp3) is 0.450. The highest BCUT2D eigenvalue weighted by Gasteiger charge is 2.24. The van der Waals surface area contributed by atoms with Gasteiger partial charge in [-0.1, -0.05) is 0 Å². The first kappa shape index (κ1) is 18.5. The van der Waals surface area contributed by atoms with Gasteiger partial charge in [-0.05, 0) is 49.9 Å². The van der Waals surface area contributed by atoms with Crippen molar-refractivity contribution in [1.29, 1.82) is 0 Å². The number of hydrogen-bond donors (Lipinski definition) is 0. The van der Waals surface area contributed by atoms with Crippen LogP contribution in [0.25, 0.3) is 5.69 Å². The highest BCUT2D eigenvalue weighted by Crippen LogP contribution is 2.28. The van der Waals surface area contributed by atoms with Crippen LogP contribution < -0.4 is 0 Å². The van der Waals surface area contributed by atoms with Gasteiger partial charge in [0.1, 0.15) is 24.7 Å². The lowest BCUT2D eigenvalue weighted by Crippen LogP contribution is -2.25. The summed E-state index contributed by atoms with van der Waals surface area (Å²) in [5.74, 6) is -0.598. The molecule has 1 saturated heterocycles. The molecular formula is C20H22FN3O4. The topological polar surface area (TPSA) is 73.7 Å². The maximum atomic E-state index is 13.2. The van der Waals surface area contributed by atoms with Gasteiger partial charge in [-0.3, -0.25) is 4.79 Å². The monoisotopic (exact) mass is 387 g/mol. The van der Waals surface area contributed by atoms with E-state index in [0.29, 0.717) is 26.1 Å². The van der Waals surface area contributed by atoms with Gasteiger partial charge in [-0.2, -0.15) is 5.10 Å². The molecule has 0 atom stereocenters. The van der Waals surface area contributed by atoms with Crippen molar-refractivity contribution in [1.82, 2.24) is 14.7 Å². The summed E-state index contributed by atoms with van der Waals surface area (Å²) in [6.07, 6.45) is 3.29. The number of nitrogens with zero attached hydrogens (tertiary/aromatic N) is 3. The van der Waals surface area contributed by atoms with E-state index in [0.717, 1.165) is 41.9 Å². The van der Waals surface area contributed by atoms with Crippen LogP contribution in [0, 0.1) is 5.82 Å². The normalized spacial score (nSPS) is 15.6. The number of hydrogen-bond acceptors (Lipinski definition) is 5. The Kier molecular flexibility index (Phi) is 5.27. The van der Waals surface area contributed by atoms with Crippen molar-refractivity contribution in [2.45, 2.75) is 38.7 Å². The Labute approximate surface area is 162 Å². The van der Waals surface area contributed by atoms with Gasteiger partial charge in [0.2, 0.25) is 0 Å². The predicted molar refractivity (Wildman–Crippen MR) is 97.5 cm³/mol. The molecular weight excluding hydrogens is 365 g/mol. The number of carbonyl (C=O) groups excluding carboxylic acids is 2. The second kappa shape index (κ2) is 8.00. The van der Waals surface area contributed by atoms with Crippen molar-refractivity contribution in [3.8, 4) is 5.69 Å². The Morgan fingerprint density at radius 3 is 2.82 bits per heavy atom. The molecule has 0 saturated carbocycles. The molecule has 0 N–H and O–H groups in total. The van der Waals surface area contributed by atoms with Crippen LogP contribution in [-0.4, -0.2) is 46.4 Å². The highest BCUT2D eigenvalue weighted by molar-refractivity contribution is 5.70. The molecule has 1 aliphatic heterocycles. The number of carbonyl (C=O) groups is 2. The molecule has 1 amide bonds. The fourth-order valence-corrected chi connectivity index (χ4v) is 3.69. The number of rotatable bonds is 7. The van der Waals surface area contributed by atoms with Crippen LogP contribution in [0.5, 0.6) is 0 Å². The molecule has 7 nitrogen and oxygen atoms in total. The zero-order valence-electron chi connectivity index (χ0n) is 15.5. The first-order valence-corrected chi connectivity index (χ1v) is 9.55. The molecule has 28 heavy (non-hydrogen) atoms. The third kappa shape index (κ3) is 3.85. The minimum atomic E-state index is -0.324. The summed E-state index contributed by atoms with van der Waals surface area (Å²) >= 11 is 0. The van der Waals surface area contributed by atoms with Crippen LogP contribution in [0.15, 0.2) is 24.3 Å². The van der Waals surface area contributed by atoms with Crippen molar-refractivity contribution in [3.63, 3.8) is 0 Å². The van der Waals surface area contributed by atoms with Crippen molar-refractivity contribution < 1.29 is 23.5 Å². The second-order valence-corrected chi connectivity index (χ2v) is 6.98. The van der Waals surface area contributed by atoms with Crippen LogP contribution in [0.1, 0.15) is 36.2 Å². The van der Waals surface area contributed by atoms with E-state index < -0.39 is 0 Å². The van der Waals surface area contributed by atoms with Crippen molar-refractivity contribution in [3.05, 3.63) is 47.0 Å². The van der Waals surface area contributed by atoms with E-state index in [2.05, 4.69) is 5.10 Å². The van der Waals surface area contributed by atoms with Crippen LogP contribution in [0.4, 0.5) is 9.18 Å². The predicted octanol–water partition coefficient (Wildman–Crippen LogP) is 2.78. The molecule has 0 bridgehead atoms. The van der Waals surface area contributed by atoms with E-state index >= 15 is 0 Å². The molecule has 0 spiro atoms. The second-order valence-electron chi connectivity index (χ2n) is 6.98. The molecule has 2 heterocycles. The summed E-state index contributed by atoms with van der Waals surface area (Å²) in [5.41, 5.74) is 3.78. The summed E-state index contributed by atoms with van der Waals surface area (Å²) in [5, 5.41) is 4.60. The maximum Gasteiger partial charge on any atom is 0.409 e. The number of cyclic esters (lactones) is 1. The maximum absolute atomic E-state index is 13.2. The zero-order chi connectivity index (χ0) is 19.5. The van der Waals surface area contributed by atoms with Gasteiger partial charge >= 0.3 is 12.1 Å². The number of esters is 1. The van der Waals surface area contributed by atoms with Crippen LogP contribution in [-0.2, 0) is 33.7 Å². The molecule has 1 aromatic heterocycles. The Morgan fingerprint density at radius 1 is 1.25 bits per heavy atom. The van der Waals surface area contributed by atoms with Gasteiger partial charge in [0.15, 0.2) is 0 Å². The van der Waals surface area contributed by atoms with Crippen molar-refractivity contribution in [2.75, 3.05) is 19.7 Å². The SMILES string of the molecule is O=C(CCCN1CCOC1=O)OCc1nn(-c2ccc(F)cc2)c2c1CCC2. The Hall–Kier alpha value is -2.90. The molecule has 1 fully saturated rings. The minimum absolute atomic E-state index is 0.126. The summed E-state index contributed by atoms with van der Waals surface area (Å²) in [4.78, 5) is 25.0. The number of halogens is 1. The number of fused-ring (bicyclic) bond motifs is 1. The summed E-state index contributed by atoms with van der Waals surface area (Å²) in [6, 6.07) is 6.21. The highest BCUT2D eigenvalue weighted by atomic mass is 19.1. The summed E-state index contributed by atoms with van der Waals surface area (Å²) in [7, 11) is 0. The van der Waals surface area contributed by atoms with Gasteiger partial charge in [-0.15, -0.1) is 0 Å². The average Bonchev–Trinajstić information content (AvgIpc) is 3.39. The van der Waals surface area contributed by atoms with Gasteiger partial charge in [0.25, 0.3) is 0 Å². The first-order valence-electron chi connectivity index (χ1n) is 9.55. The molecule has 0 radical (unpaired) electrons. The van der Waals surface area contributed by atoms with Gasteiger partial charge in [0.05, 0.1) is 12.2 Å². The molecule has 4 rings (SSSR count). The average molecular weight is 387 g/mol. The van der Waals surface area contributed by atoms with Crippen molar-refractivity contribution in [2.24, 2.45) is 0 Å². The molecule has 1 aliphatic carbocycles. The summed E-state index contributed by atoms with van der Waals surface area (Å²) in [6.45, 7) is 1.59. The minimum Gasteiger partial charge on any atom is -0.459 e. The third-order valence-corrected chi connectivity index (χ3v) is 5.11. The smallest absolute Gasteiger partial charge is 0.409 e. The molecule has 0 unspecified atom stereocenters. The quantitative estimate of drug-likeness (QED) is 0.683. The largest absolute Gasteiger partial charge is 0.459 e. The van der Waals surface area contributed by atoms with Gasteiger partial charge in [0, 0.05) is 24.2 Å². The fourth-order valence-electron chi connectivity index (χ4n) is 3.69. The molecule has 2 aromatic rings. The Bertz CT molecular complexity index is 878. The number of amides is 1. The molecule has 148 valence electrons. The summed E-state index contributed by atoms with van der Waals surface area (Å²) < 4.78 is 25.3. The third-order valence-electron chi connectivity index (χ3n) is 5.11. The van der Waals surface area contributed by atoms with Crippen LogP contribution >= 0.6 is 0 Å². The molecule has 8 heteroatoms. The van der Waals surface area contributed by atoms with E-state index in [-0.39, 0.29) is 30.9 Å². The lowest BCUT2D eigenvalue weighted by atomic mass is 10.2. The van der Waals surface area contributed by atoms with Crippen LogP contribution in [0.2, 0.25) is 0 Å². The van der Waals surface area contributed by atoms with Crippen molar-refractivity contribution >= 4 is 12.1 Å². The van der Waals surface area contributed by atoms with E-state index in [9.17, 15) is 14.0 Å². The van der Waals surface area contributed by atoms with Crippen LogP contribution in [0.3, 0.4) is 0 Å². The van der Waals surface area contributed by atoms with E-state index in [1.807, 2.05) is 4.68 Å². The van der Waals surface area contributed by atoms with E-state index in [4.69, 9.17) is 9.47 Å². The first-order chi connectivity index (χ1) is 13.6. The lowest BCUT2D eigenvalue weighted by molar-refractivity contribution is -0.145. The zero-order valence-corrected chi connectivity index (χ0v) is 15.5. The lowest BCUT2D eigenvalue weighted by Gasteiger charge is -2.11. The number of ether oxygens (including phenoxy) is 2. The standard InChI is InChI=1S/C20H22FN3O4/c21-14-6-8-15(9-7-14)24-18-4-1-3-16(18)17(22-24)13-28-19(25)5-2-10-23-11-12-27-20(23)26/h6-9H,1-5,10-13H2. The Morgan fingerprint density at radius 2 is 2.07 bits per heavy atom. The van der Waals surface area contributed by atoms with E-state index in [1.54, 1.807) is 17.0 Å².